The van der Waals surface area contributed by atoms with E-state index in [1.54, 1.807) is 11.1 Å². The lowest BCUT2D eigenvalue weighted by atomic mass is 9.91. The largest absolute Gasteiger partial charge is 0.0839 e. The molecule has 1 aliphatic rings. The van der Waals surface area contributed by atoms with E-state index in [0.717, 1.165) is 6.42 Å². The van der Waals surface area contributed by atoms with Gasteiger partial charge in [-0.2, -0.15) is 0 Å². The molecular formula is C9H14. The molecule has 0 heteroatoms. The standard InChI is InChI=1S/C9H14/c1-7-5-4-6-8(2)9(7)3/h4-5,7H,6H2,1-3H3. The highest BCUT2D eigenvalue weighted by molar-refractivity contribution is 5.23. The van der Waals surface area contributed by atoms with Gasteiger partial charge in [-0.05, 0) is 26.2 Å². The van der Waals surface area contributed by atoms with Gasteiger partial charge >= 0.3 is 0 Å². The SMILES string of the molecule is CC1=C(C)C(C)C=CC1. The van der Waals surface area contributed by atoms with E-state index in [9.17, 15) is 0 Å². The van der Waals surface area contributed by atoms with E-state index < -0.39 is 0 Å². The van der Waals surface area contributed by atoms with Gasteiger partial charge in [-0.1, -0.05) is 30.2 Å². The third-order valence-electron chi connectivity index (χ3n) is 2.20. The Bertz CT molecular complexity index is 161. The predicted octanol–water partition coefficient (Wildman–Crippen LogP) is 2.92. The molecule has 1 rings (SSSR count). The van der Waals surface area contributed by atoms with Crippen molar-refractivity contribution < 1.29 is 0 Å². The molecule has 0 saturated heterocycles. The molecule has 0 saturated carbocycles. The Hall–Kier alpha value is -0.520. The summed E-state index contributed by atoms with van der Waals surface area (Å²) in [6.45, 7) is 6.69. The summed E-state index contributed by atoms with van der Waals surface area (Å²) in [5, 5.41) is 0. The lowest BCUT2D eigenvalue weighted by Gasteiger charge is -2.15. The molecule has 1 unspecified atom stereocenters. The Balaban J connectivity index is 2.79. The Labute approximate surface area is 57.3 Å². The predicted molar refractivity (Wildman–Crippen MR) is 41.3 cm³/mol. The summed E-state index contributed by atoms with van der Waals surface area (Å²) in [6.07, 6.45) is 5.70. The first-order valence-corrected chi connectivity index (χ1v) is 3.54. The van der Waals surface area contributed by atoms with Crippen LogP contribution >= 0.6 is 0 Å². The topological polar surface area (TPSA) is 0 Å². The second kappa shape index (κ2) is 2.38. The molecule has 0 heterocycles. The molecule has 0 bridgehead atoms. The molecule has 50 valence electrons. The summed E-state index contributed by atoms with van der Waals surface area (Å²) in [5.74, 6) is 0.679. The van der Waals surface area contributed by atoms with Crippen molar-refractivity contribution in [3.8, 4) is 0 Å². The van der Waals surface area contributed by atoms with Crippen LogP contribution in [0.3, 0.4) is 0 Å². The minimum Gasteiger partial charge on any atom is -0.0839 e. The Morgan fingerprint density at radius 2 is 2.11 bits per heavy atom. The average molecular weight is 122 g/mol. The molecule has 1 atom stereocenters. The first-order chi connectivity index (χ1) is 4.22. The van der Waals surface area contributed by atoms with Crippen molar-refractivity contribution >= 4 is 0 Å². The smallest absolute Gasteiger partial charge is 0.00516 e. The molecule has 0 aliphatic heterocycles. The molecular weight excluding hydrogens is 108 g/mol. The van der Waals surface area contributed by atoms with Crippen molar-refractivity contribution in [1.82, 2.24) is 0 Å². The fourth-order valence-corrected chi connectivity index (χ4v) is 1.14. The van der Waals surface area contributed by atoms with E-state index in [1.807, 2.05) is 0 Å². The molecule has 0 radical (unpaired) electrons. The molecule has 0 aromatic heterocycles. The molecule has 0 N–H and O–H groups in total. The zero-order chi connectivity index (χ0) is 6.85. The van der Waals surface area contributed by atoms with Crippen molar-refractivity contribution in [2.24, 2.45) is 5.92 Å². The molecule has 0 fully saturated rings. The monoisotopic (exact) mass is 122 g/mol. The number of hydrogen-bond donors (Lipinski definition) is 0. The lowest BCUT2D eigenvalue weighted by Crippen LogP contribution is -1.98. The summed E-state index contributed by atoms with van der Waals surface area (Å²) < 4.78 is 0. The van der Waals surface area contributed by atoms with Crippen LogP contribution in [0, 0.1) is 5.92 Å². The van der Waals surface area contributed by atoms with Crippen LogP contribution in [0.15, 0.2) is 23.3 Å². The Morgan fingerprint density at radius 1 is 1.44 bits per heavy atom. The molecule has 1 aliphatic carbocycles. The van der Waals surface area contributed by atoms with Gasteiger partial charge in [0.15, 0.2) is 0 Å². The van der Waals surface area contributed by atoms with Crippen LogP contribution < -0.4 is 0 Å². The van der Waals surface area contributed by atoms with Crippen molar-refractivity contribution in [2.75, 3.05) is 0 Å². The van der Waals surface area contributed by atoms with Gasteiger partial charge in [-0.25, -0.2) is 0 Å². The fourth-order valence-electron chi connectivity index (χ4n) is 1.14. The summed E-state index contributed by atoms with van der Waals surface area (Å²) in [4.78, 5) is 0. The quantitative estimate of drug-likeness (QED) is 0.433. The van der Waals surface area contributed by atoms with E-state index in [2.05, 4.69) is 32.9 Å². The van der Waals surface area contributed by atoms with Crippen LogP contribution in [-0.2, 0) is 0 Å². The van der Waals surface area contributed by atoms with E-state index in [-0.39, 0.29) is 0 Å². The minimum absolute atomic E-state index is 0.679. The van der Waals surface area contributed by atoms with Crippen LogP contribution in [-0.4, -0.2) is 0 Å². The van der Waals surface area contributed by atoms with E-state index in [1.165, 1.54) is 0 Å². The molecule has 9 heavy (non-hydrogen) atoms. The average Bonchev–Trinajstić information content (AvgIpc) is 1.83. The van der Waals surface area contributed by atoms with Crippen molar-refractivity contribution in [3.05, 3.63) is 23.3 Å². The van der Waals surface area contributed by atoms with Gasteiger partial charge in [0.2, 0.25) is 0 Å². The zero-order valence-corrected chi connectivity index (χ0v) is 6.44. The number of rotatable bonds is 0. The van der Waals surface area contributed by atoms with Gasteiger partial charge in [0.1, 0.15) is 0 Å². The summed E-state index contributed by atoms with van der Waals surface area (Å²) in [6, 6.07) is 0. The molecule has 0 aromatic rings. The van der Waals surface area contributed by atoms with Gasteiger partial charge in [-0.3, -0.25) is 0 Å². The van der Waals surface area contributed by atoms with Crippen LogP contribution in [0.25, 0.3) is 0 Å². The third-order valence-corrected chi connectivity index (χ3v) is 2.20. The normalized spacial score (nSPS) is 27.2. The third kappa shape index (κ3) is 1.24. The summed E-state index contributed by atoms with van der Waals surface area (Å²) in [5.41, 5.74) is 3.10. The lowest BCUT2D eigenvalue weighted by molar-refractivity contribution is 0.810. The Morgan fingerprint density at radius 3 is 2.56 bits per heavy atom. The van der Waals surface area contributed by atoms with Gasteiger partial charge < -0.3 is 0 Å². The van der Waals surface area contributed by atoms with Gasteiger partial charge in [0.05, 0.1) is 0 Å². The zero-order valence-electron chi connectivity index (χ0n) is 6.44. The first kappa shape index (κ1) is 6.60. The van der Waals surface area contributed by atoms with Crippen molar-refractivity contribution in [1.29, 1.82) is 0 Å². The fraction of sp³-hybridized carbons (Fsp3) is 0.556. The van der Waals surface area contributed by atoms with Crippen LogP contribution in [0.5, 0.6) is 0 Å². The van der Waals surface area contributed by atoms with Crippen LogP contribution in [0.4, 0.5) is 0 Å². The molecule has 0 amide bonds. The highest BCUT2D eigenvalue weighted by atomic mass is 14.1. The van der Waals surface area contributed by atoms with Gasteiger partial charge in [0.25, 0.3) is 0 Å². The maximum absolute atomic E-state index is 2.28. The molecule has 0 nitrogen and oxygen atoms in total. The van der Waals surface area contributed by atoms with Gasteiger partial charge in [-0.15, -0.1) is 0 Å². The van der Waals surface area contributed by atoms with E-state index >= 15 is 0 Å². The van der Waals surface area contributed by atoms with E-state index in [4.69, 9.17) is 0 Å². The first-order valence-electron chi connectivity index (χ1n) is 3.54. The maximum atomic E-state index is 2.28. The molecule has 0 aromatic carbocycles. The van der Waals surface area contributed by atoms with Crippen molar-refractivity contribution in [2.45, 2.75) is 27.2 Å². The number of allylic oxidation sites excluding steroid dienone is 4. The van der Waals surface area contributed by atoms with Gasteiger partial charge in [0, 0.05) is 0 Å². The van der Waals surface area contributed by atoms with Crippen molar-refractivity contribution in [3.63, 3.8) is 0 Å². The van der Waals surface area contributed by atoms with Crippen LogP contribution in [0.2, 0.25) is 0 Å². The number of hydrogen-bond acceptors (Lipinski definition) is 0. The highest BCUT2D eigenvalue weighted by Gasteiger charge is 2.06. The van der Waals surface area contributed by atoms with Crippen LogP contribution in [0.1, 0.15) is 27.2 Å². The summed E-state index contributed by atoms with van der Waals surface area (Å²) in [7, 11) is 0. The second-order valence-corrected chi connectivity index (χ2v) is 2.88. The maximum Gasteiger partial charge on any atom is -0.00516 e. The molecule has 0 spiro atoms. The summed E-state index contributed by atoms with van der Waals surface area (Å²) >= 11 is 0. The Kier molecular flexibility index (Phi) is 1.75. The van der Waals surface area contributed by atoms with E-state index in [0.29, 0.717) is 5.92 Å². The highest BCUT2D eigenvalue weighted by Crippen LogP contribution is 2.22. The minimum atomic E-state index is 0.679. The second-order valence-electron chi connectivity index (χ2n) is 2.88.